The third-order valence-electron chi connectivity index (χ3n) is 4.49. The van der Waals surface area contributed by atoms with Gasteiger partial charge in [0.1, 0.15) is 5.82 Å². The fraction of sp³-hybridized carbons (Fsp3) is 0.238. The monoisotopic (exact) mass is 352 g/mol. The molecule has 0 N–H and O–H groups in total. The van der Waals surface area contributed by atoms with Crippen LogP contribution in [0.2, 0.25) is 0 Å². The van der Waals surface area contributed by atoms with E-state index >= 15 is 0 Å². The minimum Gasteiger partial charge on any atom is -0.336 e. The number of hydrogen-bond acceptors (Lipinski definition) is 2. The maximum atomic E-state index is 13.6. The lowest BCUT2D eigenvalue weighted by Crippen LogP contribution is -2.50. The van der Waals surface area contributed by atoms with Crippen molar-refractivity contribution in [2.75, 3.05) is 26.2 Å². The number of halogens is 1. The first-order valence-electron chi connectivity index (χ1n) is 8.62. The molecule has 4 nitrogen and oxygen atoms in total. The van der Waals surface area contributed by atoms with Crippen molar-refractivity contribution in [1.29, 1.82) is 0 Å². The summed E-state index contributed by atoms with van der Waals surface area (Å²) < 4.78 is 13.6. The van der Waals surface area contributed by atoms with Crippen LogP contribution in [0, 0.1) is 12.7 Å². The average Bonchev–Trinajstić information content (AvgIpc) is 2.67. The van der Waals surface area contributed by atoms with Gasteiger partial charge in [0.15, 0.2) is 0 Å². The fourth-order valence-corrected chi connectivity index (χ4v) is 2.89. The van der Waals surface area contributed by atoms with Gasteiger partial charge in [-0.25, -0.2) is 4.39 Å². The number of carbonyl (C=O) groups excluding carboxylic acids is 2. The molecule has 0 aromatic heterocycles. The highest BCUT2D eigenvalue weighted by atomic mass is 19.1. The zero-order chi connectivity index (χ0) is 18.5. The minimum atomic E-state index is -0.356. The van der Waals surface area contributed by atoms with Crippen molar-refractivity contribution in [1.82, 2.24) is 9.80 Å². The van der Waals surface area contributed by atoms with Crippen LogP contribution in [0.1, 0.15) is 21.5 Å². The van der Waals surface area contributed by atoms with Crippen molar-refractivity contribution in [3.63, 3.8) is 0 Å². The molecule has 1 aliphatic heterocycles. The van der Waals surface area contributed by atoms with Crippen LogP contribution in [0.3, 0.4) is 0 Å². The molecule has 0 unspecified atom stereocenters. The number of carbonyl (C=O) groups is 2. The van der Waals surface area contributed by atoms with Gasteiger partial charge >= 0.3 is 0 Å². The maximum absolute atomic E-state index is 13.6. The Kier molecular flexibility index (Phi) is 5.46. The van der Waals surface area contributed by atoms with E-state index in [1.165, 1.54) is 18.2 Å². The molecule has 1 saturated heterocycles. The van der Waals surface area contributed by atoms with Crippen LogP contribution in [0.25, 0.3) is 6.08 Å². The lowest BCUT2D eigenvalue weighted by molar-refractivity contribution is -0.127. The van der Waals surface area contributed by atoms with Crippen LogP contribution in [0.5, 0.6) is 0 Å². The molecular formula is C21H21FN2O2. The second-order valence-corrected chi connectivity index (χ2v) is 6.34. The van der Waals surface area contributed by atoms with E-state index in [1.807, 2.05) is 31.2 Å². The van der Waals surface area contributed by atoms with Crippen molar-refractivity contribution >= 4 is 17.9 Å². The summed E-state index contributed by atoms with van der Waals surface area (Å²) in [6, 6.07) is 13.8. The first-order valence-corrected chi connectivity index (χ1v) is 8.62. The molecule has 1 heterocycles. The summed E-state index contributed by atoms with van der Waals surface area (Å²) in [7, 11) is 0. The third-order valence-corrected chi connectivity index (χ3v) is 4.49. The molecule has 0 saturated carbocycles. The summed E-state index contributed by atoms with van der Waals surface area (Å²) in [5.41, 5.74) is 2.16. The van der Waals surface area contributed by atoms with Gasteiger partial charge in [0.25, 0.3) is 5.91 Å². The van der Waals surface area contributed by atoms with E-state index in [1.54, 1.807) is 28.0 Å². The molecule has 1 fully saturated rings. The summed E-state index contributed by atoms with van der Waals surface area (Å²) in [5, 5.41) is 0. The Hall–Kier alpha value is -2.95. The number of aryl methyl sites for hydroxylation is 1. The van der Waals surface area contributed by atoms with Crippen molar-refractivity contribution in [3.05, 3.63) is 77.1 Å². The van der Waals surface area contributed by atoms with E-state index in [0.29, 0.717) is 37.3 Å². The Morgan fingerprint density at radius 3 is 2.19 bits per heavy atom. The zero-order valence-electron chi connectivity index (χ0n) is 14.7. The molecule has 0 spiro atoms. The van der Waals surface area contributed by atoms with E-state index < -0.39 is 0 Å². The Labute approximate surface area is 152 Å². The van der Waals surface area contributed by atoms with Gasteiger partial charge in [0.2, 0.25) is 5.91 Å². The lowest BCUT2D eigenvalue weighted by Gasteiger charge is -2.34. The van der Waals surface area contributed by atoms with Crippen molar-refractivity contribution < 1.29 is 14.0 Å². The second-order valence-electron chi connectivity index (χ2n) is 6.34. The quantitative estimate of drug-likeness (QED) is 0.797. The second kappa shape index (κ2) is 7.95. The minimum absolute atomic E-state index is 0.0148. The van der Waals surface area contributed by atoms with Crippen LogP contribution in [-0.2, 0) is 4.79 Å². The number of rotatable bonds is 3. The van der Waals surface area contributed by atoms with Gasteiger partial charge in [-0.2, -0.15) is 0 Å². The highest BCUT2D eigenvalue weighted by molar-refractivity contribution is 5.95. The van der Waals surface area contributed by atoms with Gasteiger partial charge in [-0.1, -0.05) is 35.9 Å². The van der Waals surface area contributed by atoms with Crippen LogP contribution in [-0.4, -0.2) is 47.8 Å². The summed E-state index contributed by atoms with van der Waals surface area (Å²) in [4.78, 5) is 28.2. The van der Waals surface area contributed by atoms with Gasteiger partial charge in [-0.3, -0.25) is 9.59 Å². The predicted molar refractivity (Wildman–Crippen MR) is 99.1 cm³/mol. The van der Waals surface area contributed by atoms with Crippen LogP contribution in [0.4, 0.5) is 4.39 Å². The molecule has 2 aromatic rings. The predicted octanol–water partition coefficient (Wildman–Crippen LogP) is 3.13. The number of amides is 2. The molecule has 0 aliphatic carbocycles. The molecule has 1 aliphatic rings. The largest absolute Gasteiger partial charge is 0.336 e. The topological polar surface area (TPSA) is 40.6 Å². The number of hydrogen-bond donors (Lipinski definition) is 0. The van der Waals surface area contributed by atoms with Crippen LogP contribution >= 0.6 is 0 Å². The van der Waals surface area contributed by atoms with E-state index in [2.05, 4.69) is 0 Å². The molecule has 0 atom stereocenters. The molecule has 3 rings (SSSR count). The van der Waals surface area contributed by atoms with E-state index in [4.69, 9.17) is 0 Å². The third kappa shape index (κ3) is 4.17. The number of nitrogens with zero attached hydrogens (tertiary/aromatic N) is 2. The Balaban J connectivity index is 1.56. The zero-order valence-corrected chi connectivity index (χ0v) is 14.7. The van der Waals surface area contributed by atoms with Crippen LogP contribution in [0.15, 0.2) is 54.6 Å². The number of piperazine rings is 1. The first-order chi connectivity index (χ1) is 12.5. The van der Waals surface area contributed by atoms with E-state index in [-0.39, 0.29) is 17.6 Å². The fourth-order valence-electron chi connectivity index (χ4n) is 2.89. The molecule has 26 heavy (non-hydrogen) atoms. The first kappa shape index (κ1) is 17.9. The van der Waals surface area contributed by atoms with Crippen LogP contribution < -0.4 is 0 Å². The molecule has 2 aromatic carbocycles. The summed E-state index contributed by atoms with van der Waals surface area (Å²) in [5.74, 6) is -0.542. The van der Waals surface area contributed by atoms with Crippen molar-refractivity contribution in [3.8, 4) is 0 Å². The van der Waals surface area contributed by atoms with Gasteiger partial charge < -0.3 is 9.80 Å². The van der Waals surface area contributed by atoms with E-state index in [9.17, 15) is 14.0 Å². The SMILES string of the molecule is Cc1ccc(C(=O)N2CCN(C(=O)/C=C/c3ccccc3F)CC2)cc1. The number of benzene rings is 2. The van der Waals surface area contributed by atoms with Crippen molar-refractivity contribution in [2.45, 2.75) is 6.92 Å². The van der Waals surface area contributed by atoms with Gasteiger partial charge in [0, 0.05) is 43.4 Å². The highest BCUT2D eigenvalue weighted by Gasteiger charge is 2.23. The molecule has 2 amide bonds. The smallest absolute Gasteiger partial charge is 0.253 e. The van der Waals surface area contributed by atoms with E-state index in [0.717, 1.165) is 5.56 Å². The highest BCUT2D eigenvalue weighted by Crippen LogP contribution is 2.12. The van der Waals surface area contributed by atoms with Gasteiger partial charge in [-0.05, 0) is 31.2 Å². The summed E-state index contributed by atoms with van der Waals surface area (Å²) in [6.45, 7) is 3.90. The Morgan fingerprint density at radius 2 is 1.54 bits per heavy atom. The Morgan fingerprint density at radius 1 is 0.923 bits per heavy atom. The normalized spacial score (nSPS) is 14.7. The van der Waals surface area contributed by atoms with Gasteiger partial charge in [0.05, 0.1) is 0 Å². The lowest BCUT2D eigenvalue weighted by atomic mass is 10.1. The van der Waals surface area contributed by atoms with Gasteiger partial charge in [-0.15, -0.1) is 0 Å². The molecule has 134 valence electrons. The Bertz CT molecular complexity index is 822. The average molecular weight is 352 g/mol. The molecular weight excluding hydrogens is 331 g/mol. The molecule has 0 radical (unpaired) electrons. The standard InChI is InChI=1S/C21H21FN2O2/c1-16-6-8-18(9-7-16)21(26)24-14-12-23(13-15-24)20(25)11-10-17-4-2-3-5-19(17)22/h2-11H,12-15H2,1H3/b11-10+. The maximum Gasteiger partial charge on any atom is 0.253 e. The summed E-state index contributed by atoms with van der Waals surface area (Å²) >= 11 is 0. The summed E-state index contributed by atoms with van der Waals surface area (Å²) in [6.07, 6.45) is 2.87. The molecule has 5 heteroatoms. The molecule has 0 bridgehead atoms. The van der Waals surface area contributed by atoms with Crippen molar-refractivity contribution in [2.24, 2.45) is 0 Å².